The van der Waals surface area contributed by atoms with Crippen molar-refractivity contribution >= 4 is 16.5 Å². The number of aromatic amines is 2. The first-order chi connectivity index (χ1) is 9.75. The molecule has 0 atom stereocenters. The van der Waals surface area contributed by atoms with Gasteiger partial charge in [-0.05, 0) is 24.3 Å². The lowest BCUT2D eigenvalue weighted by atomic mass is 10.1. The molecule has 3 N–H and O–H groups in total. The van der Waals surface area contributed by atoms with Crippen LogP contribution >= 0.6 is 0 Å². The summed E-state index contributed by atoms with van der Waals surface area (Å²) >= 11 is 0. The van der Waals surface area contributed by atoms with Crippen LogP contribution in [-0.2, 0) is 6.54 Å². The fraction of sp³-hybridized carbons (Fsp3) is 0.0714. The van der Waals surface area contributed by atoms with E-state index in [1.165, 1.54) is 0 Å². The van der Waals surface area contributed by atoms with Crippen LogP contribution < -0.4 is 16.4 Å². The molecule has 0 fully saturated rings. The van der Waals surface area contributed by atoms with Crippen LogP contribution in [0.1, 0.15) is 5.69 Å². The number of fused-ring (bicyclic) bond motifs is 1. The minimum Gasteiger partial charge on any atom is -0.379 e. The van der Waals surface area contributed by atoms with Gasteiger partial charge in [-0.1, -0.05) is 12.1 Å². The Hall–Kier alpha value is -2.89. The summed E-state index contributed by atoms with van der Waals surface area (Å²) in [6, 6.07) is 10.7. The van der Waals surface area contributed by atoms with Gasteiger partial charge in [0, 0.05) is 11.9 Å². The topological polar surface area (TPSA) is 90.6 Å². The summed E-state index contributed by atoms with van der Waals surface area (Å²) in [6.07, 6.45) is 1.71. The Labute approximate surface area is 113 Å². The van der Waals surface area contributed by atoms with E-state index in [1.54, 1.807) is 24.4 Å². The summed E-state index contributed by atoms with van der Waals surface area (Å²) in [5.74, 6) is 0. The van der Waals surface area contributed by atoms with Crippen LogP contribution in [0.4, 0.5) is 5.69 Å². The number of H-pyrrole nitrogens is 2. The minimum atomic E-state index is -0.330. The zero-order chi connectivity index (χ0) is 13.9. The van der Waals surface area contributed by atoms with Crippen molar-refractivity contribution in [2.45, 2.75) is 6.54 Å². The molecule has 6 nitrogen and oxygen atoms in total. The van der Waals surface area contributed by atoms with Crippen molar-refractivity contribution in [3.8, 4) is 0 Å². The second-order valence-electron chi connectivity index (χ2n) is 4.31. The Balaban J connectivity index is 2.02. The van der Waals surface area contributed by atoms with E-state index in [2.05, 4.69) is 20.5 Å². The van der Waals surface area contributed by atoms with Gasteiger partial charge < -0.3 is 5.32 Å². The van der Waals surface area contributed by atoms with Crippen LogP contribution in [0.25, 0.3) is 10.8 Å². The van der Waals surface area contributed by atoms with E-state index in [-0.39, 0.29) is 11.1 Å². The molecule has 0 saturated carbocycles. The number of aromatic nitrogens is 3. The van der Waals surface area contributed by atoms with Crippen molar-refractivity contribution in [1.29, 1.82) is 0 Å². The smallest absolute Gasteiger partial charge is 0.272 e. The second kappa shape index (κ2) is 5.00. The molecule has 1 aromatic carbocycles. The van der Waals surface area contributed by atoms with Gasteiger partial charge >= 0.3 is 0 Å². The van der Waals surface area contributed by atoms with E-state index < -0.39 is 0 Å². The predicted octanol–water partition coefficient (Wildman–Crippen LogP) is 1.22. The molecule has 2 heterocycles. The molecule has 2 aromatic heterocycles. The van der Waals surface area contributed by atoms with E-state index >= 15 is 0 Å². The molecule has 0 saturated heterocycles. The third kappa shape index (κ3) is 2.18. The van der Waals surface area contributed by atoms with Crippen molar-refractivity contribution in [3.05, 3.63) is 69.0 Å². The molecule has 20 heavy (non-hydrogen) atoms. The quantitative estimate of drug-likeness (QED) is 0.666. The first-order valence-electron chi connectivity index (χ1n) is 6.13. The number of benzene rings is 1. The van der Waals surface area contributed by atoms with Gasteiger partial charge in [0.2, 0.25) is 0 Å². The van der Waals surface area contributed by atoms with E-state index in [4.69, 9.17) is 0 Å². The van der Waals surface area contributed by atoms with Crippen molar-refractivity contribution < 1.29 is 0 Å². The maximum absolute atomic E-state index is 11.9. The highest BCUT2D eigenvalue weighted by Crippen LogP contribution is 2.17. The number of rotatable bonds is 3. The Morgan fingerprint density at radius 1 is 1.00 bits per heavy atom. The van der Waals surface area contributed by atoms with Gasteiger partial charge in [0.1, 0.15) is 0 Å². The highest BCUT2D eigenvalue weighted by atomic mass is 16.1. The predicted molar refractivity (Wildman–Crippen MR) is 76.8 cm³/mol. The Kier molecular flexibility index (Phi) is 3.04. The van der Waals surface area contributed by atoms with Crippen LogP contribution in [-0.4, -0.2) is 15.2 Å². The molecule has 0 spiro atoms. The number of anilines is 1. The van der Waals surface area contributed by atoms with Crippen molar-refractivity contribution in [1.82, 2.24) is 15.2 Å². The first kappa shape index (κ1) is 12.2. The van der Waals surface area contributed by atoms with Gasteiger partial charge in [0.05, 0.1) is 23.0 Å². The lowest BCUT2D eigenvalue weighted by Crippen LogP contribution is -2.20. The summed E-state index contributed by atoms with van der Waals surface area (Å²) in [4.78, 5) is 27.8. The van der Waals surface area contributed by atoms with Gasteiger partial charge in [-0.15, -0.1) is 0 Å². The molecular weight excluding hydrogens is 256 g/mol. The van der Waals surface area contributed by atoms with Crippen LogP contribution in [0.5, 0.6) is 0 Å². The van der Waals surface area contributed by atoms with Gasteiger partial charge in [-0.3, -0.25) is 24.8 Å². The SMILES string of the molecule is O=c1[nH][nH]c(=O)c2c(NCc3ccccn3)cccc12. The molecule has 0 amide bonds. The zero-order valence-corrected chi connectivity index (χ0v) is 10.5. The Bertz CT molecular complexity index is 852. The average molecular weight is 268 g/mol. The molecule has 0 aliphatic heterocycles. The lowest BCUT2D eigenvalue weighted by Gasteiger charge is -2.08. The van der Waals surface area contributed by atoms with Gasteiger partial charge in [0.15, 0.2) is 0 Å². The number of hydrogen-bond donors (Lipinski definition) is 3. The summed E-state index contributed by atoms with van der Waals surface area (Å²) < 4.78 is 0. The number of pyridine rings is 1. The molecule has 0 unspecified atom stereocenters. The molecule has 3 aromatic rings. The largest absolute Gasteiger partial charge is 0.379 e. The standard InChI is InChI=1S/C14H12N4O2/c19-13-10-5-3-6-11(12(10)14(20)18-17-13)16-8-9-4-1-2-7-15-9/h1-7,16H,8H2,(H,17,19)(H,18,20). The van der Waals surface area contributed by atoms with Crippen molar-refractivity contribution in [3.63, 3.8) is 0 Å². The maximum atomic E-state index is 11.9. The van der Waals surface area contributed by atoms with Gasteiger partial charge in [0.25, 0.3) is 11.1 Å². The normalized spacial score (nSPS) is 10.6. The van der Waals surface area contributed by atoms with E-state index in [0.29, 0.717) is 23.0 Å². The van der Waals surface area contributed by atoms with E-state index in [9.17, 15) is 9.59 Å². The number of hydrogen-bond acceptors (Lipinski definition) is 4. The lowest BCUT2D eigenvalue weighted by molar-refractivity contribution is 0.975. The molecule has 0 radical (unpaired) electrons. The fourth-order valence-electron chi connectivity index (χ4n) is 2.07. The summed E-state index contributed by atoms with van der Waals surface area (Å²) in [7, 11) is 0. The van der Waals surface area contributed by atoms with Crippen LogP contribution in [0.15, 0.2) is 52.2 Å². The zero-order valence-electron chi connectivity index (χ0n) is 10.5. The molecule has 0 aliphatic rings. The first-order valence-corrected chi connectivity index (χ1v) is 6.13. The fourth-order valence-corrected chi connectivity index (χ4v) is 2.07. The maximum Gasteiger partial charge on any atom is 0.272 e. The second-order valence-corrected chi connectivity index (χ2v) is 4.31. The summed E-state index contributed by atoms with van der Waals surface area (Å²) in [5.41, 5.74) is 0.816. The van der Waals surface area contributed by atoms with Crippen LogP contribution in [0, 0.1) is 0 Å². The third-order valence-electron chi connectivity index (χ3n) is 3.01. The average Bonchev–Trinajstić information content (AvgIpc) is 2.50. The highest BCUT2D eigenvalue weighted by Gasteiger charge is 2.07. The molecule has 0 aliphatic carbocycles. The monoisotopic (exact) mass is 268 g/mol. The summed E-state index contributed by atoms with van der Waals surface area (Å²) in [5, 5.41) is 8.49. The van der Waals surface area contributed by atoms with Crippen molar-refractivity contribution in [2.24, 2.45) is 0 Å². The van der Waals surface area contributed by atoms with Crippen LogP contribution in [0.2, 0.25) is 0 Å². The molecule has 100 valence electrons. The molecular formula is C14H12N4O2. The molecule has 0 bridgehead atoms. The van der Waals surface area contributed by atoms with E-state index in [1.807, 2.05) is 18.2 Å². The van der Waals surface area contributed by atoms with E-state index in [0.717, 1.165) is 5.69 Å². The van der Waals surface area contributed by atoms with Crippen LogP contribution in [0.3, 0.4) is 0 Å². The third-order valence-corrected chi connectivity index (χ3v) is 3.01. The Morgan fingerprint density at radius 3 is 2.65 bits per heavy atom. The number of nitrogens with one attached hydrogen (secondary N) is 3. The Morgan fingerprint density at radius 2 is 1.85 bits per heavy atom. The molecule has 6 heteroatoms. The minimum absolute atomic E-state index is 0.318. The number of nitrogens with zero attached hydrogens (tertiary/aromatic N) is 1. The highest BCUT2D eigenvalue weighted by molar-refractivity contribution is 5.92. The van der Waals surface area contributed by atoms with Gasteiger partial charge in [-0.2, -0.15) is 0 Å². The summed E-state index contributed by atoms with van der Waals surface area (Å²) in [6.45, 7) is 0.478. The molecule has 3 rings (SSSR count). The van der Waals surface area contributed by atoms with Gasteiger partial charge in [-0.25, -0.2) is 0 Å². The van der Waals surface area contributed by atoms with Crippen molar-refractivity contribution in [2.75, 3.05) is 5.32 Å².